The lowest BCUT2D eigenvalue weighted by molar-refractivity contribution is -0.132. The molecule has 1 aliphatic rings. The van der Waals surface area contributed by atoms with Gasteiger partial charge in [0.1, 0.15) is 0 Å². The maximum atomic E-state index is 12.6. The van der Waals surface area contributed by atoms with Crippen molar-refractivity contribution >= 4 is 5.91 Å². The smallest absolute Gasteiger partial charge is 0.227 e. The second-order valence-electron chi connectivity index (χ2n) is 6.49. The summed E-state index contributed by atoms with van der Waals surface area (Å²) in [7, 11) is 0. The van der Waals surface area contributed by atoms with Crippen LogP contribution in [0.3, 0.4) is 0 Å². The number of nitrogens with zero attached hydrogens (tertiary/aromatic N) is 4. The Morgan fingerprint density at radius 2 is 2.08 bits per heavy atom. The average molecular weight is 322 g/mol. The molecule has 0 spiro atoms. The summed E-state index contributed by atoms with van der Waals surface area (Å²) in [6.45, 7) is 5.60. The Morgan fingerprint density at radius 1 is 1.33 bits per heavy atom. The van der Waals surface area contributed by atoms with Gasteiger partial charge >= 0.3 is 0 Å². The molecule has 0 bridgehead atoms. The van der Waals surface area contributed by atoms with Crippen molar-refractivity contribution in [2.45, 2.75) is 39.2 Å². The van der Waals surface area contributed by atoms with Crippen LogP contribution in [0, 0.1) is 25.2 Å². The molecule has 1 saturated heterocycles. The fourth-order valence-electron chi connectivity index (χ4n) is 3.38. The van der Waals surface area contributed by atoms with Gasteiger partial charge in [0.2, 0.25) is 5.91 Å². The largest absolute Gasteiger partial charge is 0.340 e. The predicted octanol–water partition coefficient (Wildman–Crippen LogP) is 2.78. The van der Waals surface area contributed by atoms with Crippen molar-refractivity contribution in [1.82, 2.24) is 14.7 Å². The maximum absolute atomic E-state index is 12.6. The molecule has 1 fully saturated rings. The van der Waals surface area contributed by atoms with E-state index in [-0.39, 0.29) is 11.9 Å². The number of hydrogen-bond acceptors (Lipinski definition) is 3. The van der Waals surface area contributed by atoms with Gasteiger partial charge < -0.3 is 4.90 Å². The summed E-state index contributed by atoms with van der Waals surface area (Å²) < 4.78 is 2.07. The molecule has 24 heavy (non-hydrogen) atoms. The van der Waals surface area contributed by atoms with Crippen molar-refractivity contribution in [2.24, 2.45) is 0 Å². The Balaban J connectivity index is 1.66. The molecule has 1 amide bonds. The number of likely N-dealkylation sites (tertiary alicyclic amines) is 1. The van der Waals surface area contributed by atoms with E-state index in [0.29, 0.717) is 12.0 Å². The monoisotopic (exact) mass is 322 g/mol. The summed E-state index contributed by atoms with van der Waals surface area (Å²) in [5.41, 5.74) is 3.74. The SMILES string of the molecule is Cc1cc(C)n([C@H]2CCCN(C(=O)Cc3ccc(C#N)cc3)C2)n1. The molecule has 1 atom stereocenters. The van der Waals surface area contributed by atoms with Gasteiger partial charge in [-0.1, -0.05) is 12.1 Å². The molecular weight excluding hydrogens is 300 g/mol. The molecule has 1 aliphatic heterocycles. The highest BCUT2D eigenvalue weighted by atomic mass is 16.2. The van der Waals surface area contributed by atoms with Crippen LogP contribution in [-0.4, -0.2) is 33.7 Å². The van der Waals surface area contributed by atoms with Crippen molar-refractivity contribution < 1.29 is 4.79 Å². The van der Waals surface area contributed by atoms with Crippen LogP contribution in [0.4, 0.5) is 0 Å². The summed E-state index contributed by atoms with van der Waals surface area (Å²) >= 11 is 0. The van der Waals surface area contributed by atoms with E-state index in [1.807, 2.05) is 24.0 Å². The van der Waals surface area contributed by atoms with Gasteiger partial charge in [0, 0.05) is 18.8 Å². The number of benzene rings is 1. The molecule has 3 rings (SSSR count). The number of piperidine rings is 1. The molecule has 2 heterocycles. The third kappa shape index (κ3) is 3.48. The van der Waals surface area contributed by atoms with Gasteiger partial charge in [-0.3, -0.25) is 9.48 Å². The average Bonchev–Trinajstić information content (AvgIpc) is 2.94. The van der Waals surface area contributed by atoms with Crippen LogP contribution in [0.25, 0.3) is 0 Å². The van der Waals surface area contributed by atoms with E-state index in [0.717, 1.165) is 42.9 Å². The number of amides is 1. The zero-order chi connectivity index (χ0) is 17.1. The molecule has 1 aromatic carbocycles. The van der Waals surface area contributed by atoms with Crippen LogP contribution in [0.1, 0.15) is 41.4 Å². The van der Waals surface area contributed by atoms with Gasteiger partial charge in [0.15, 0.2) is 0 Å². The molecule has 1 aromatic heterocycles. The molecule has 0 unspecified atom stereocenters. The van der Waals surface area contributed by atoms with Gasteiger partial charge in [0.05, 0.1) is 29.8 Å². The number of rotatable bonds is 3. The summed E-state index contributed by atoms with van der Waals surface area (Å²) in [5, 5.41) is 13.4. The first-order valence-corrected chi connectivity index (χ1v) is 8.36. The second-order valence-corrected chi connectivity index (χ2v) is 6.49. The molecule has 0 N–H and O–H groups in total. The Hall–Kier alpha value is -2.61. The van der Waals surface area contributed by atoms with Crippen LogP contribution in [0.15, 0.2) is 30.3 Å². The molecule has 0 radical (unpaired) electrons. The highest BCUT2D eigenvalue weighted by Gasteiger charge is 2.26. The van der Waals surface area contributed by atoms with E-state index < -0.39 is 0 Å². The standard InChI is InChI=1S/C19H22N4O/c1-14-10-15(2)23(21-14)18-4-3-9-22(13-18)19(24)11-16-5-7-17(12-20)8-6-16/h5-8,10,18H,3-4,9,11,13H2,1-2H3/t18-/m0/s1. The molecule has 5 nitrogen and oxygen atoms in total. The number of aryl methyl sites for hydroxylation is 2. The number of nitriles is 1. The first kappa shape index (κ1) is 16.3. The number of carbonyl (C=O) groups is 1. The van der Waals surface area contributed by atoms with Crippen LogP contribution < -0.4 is 0 Å². The normalized spacial score (nSPS) is 17.5. The lowest BCUT2D eigenvalue weighted by Crippen LogP contribution is -2.41. The van der Waals surface area contributed by atoms with Gasteiger partial charge in [0.25, 0.3) is 0 Å². The van der Waals surface area contributed by atoms with Crippen molar-refractivity contribution in [3.05, 3.63) is 52.8 Å². The van der Waals surface area contributed by atoms with Gasteiger partial charge in [-0.05, 0) is 50.5 Å². The summed E-state index contributed by atoms with van der Waals surface area (Å²) in [5.74, 6) is 0.144. The fraction of sp³-hybridized carbons (Fsp3) is 0.421. The van der Waals surface area contributed by atoms with E-state index in [1.165, 1.54) is 0 Å². The molecular formula is C19H22N4O. The van der Waals surface area contributed by atoms with E-state index in [1.54, 1.807) is 12.1 Å². The van der Waals surface area contributed by atoms with E-state index in [4.69, 9.17) is 5.26 Å². The van der Waals surface area contributed by atoms with Crippen molar-refractivity contribution in [2.75, 3.05) is 13.1 Å². The third-order valence-corrected chi connectivity index (χ3v) is 4.58. The van der Waals surface area contributed by atoms with Gasteiger partial charge in [-0.25, -0.2) is 0 Å². The first-order valence-electron chi connectivity index (χ1n) is 8.36. The zero-order valence-corrected chi connectivity index (χ0v) is 14.2. The highest BCUT2D eigenvalue weighted by molar-refractivity contribution is 5.79. The maximum Gasteiger partial charge on any atom is 0.227 e. The van der Waals surface area contributed by atoms with Crippen LogP contribution in [0.2, 0.25) is 0 Å². The Labute approximate surface area is 142 Å². The Bertz CT molecular complexity index is 770. The van der Waals surface area contributed by atoms with E-state index in [2.05, 4.69) is 28.8 Å². The minimum atomic E-state index is 0.144. The first-order chi connectivity index (χ1) is 11.6. The minimum Gasteiger partial charge on any atom is -0.340 e. The summed E-state index contributed by atoms with van der Waals surface area (Å²) in [4.78, 5) is 14.6. The second kappa shape index (κ2) is 6.88. The van der Waals surface area contributed by atoms with Gasteiger partial charge in [-0.15, -0.1) is 0 Å². The van der Waals surface area contributed by atoms with Crippen LogP contribution >= 0.6 is 0 Å². The predicted molar refractivity (Wildman–Crippen MR) is 91.4 cm³/mol. The molecule has 0 saturated carbocycles. The fourth-order valence-corrected chi connectivity index (χ4v) is 3.38. The Kier molecular flexibility index (Phi) is 4.66. The summed E-state index contributed by atoms with van der Waals surface area (Å²) in [6.07, 6.45) is 2.44. The van der Waals surface area contributed by atoms with Crippen molar-refractivity contribution in [3.63, 3.8) is 0 Å². The highest BCUT2D eigenvalue weighted by Crippen LogP contribution is 2.23. The van der Waals surface area contributed by atoms with Crippen molar-refractivity contribution in [3.8, 4) is 6.07 Å². The summed E-state index contributed by atoms with van der Waals surface area (Å²) in [6, 6.07) is 11.7. The third-order valence-electron chi connectivity index (χ3n) is 4.58. The molecule has 0 aliphatic carbocycles. The van der Waals surface area contributed by atoms with Crippen LogP contribution in [-0.2, 0) is 11.2 Å². The van der Waals surface area contributed by atoms with E-state index in [9.17, 15) is 4.79 Å². The topological polar surface area (TPSA) is 61.9 Å². The number of aromatic nitrogens is 2. The number of hydrogen-bond donors (Lipinski definition) is 0. The molecule has 124 valence electrons. The number of carbonyl (C=O) groups excluding carboxylic acids is 1. The lowest BCUT2D eigenvalue weighted by atomic mass is 10.0. The zero-order valence-electron chi connectivity index (χ0n) is 14.2. The van der Waals surface area contributed by atoms with Crippen molar-refractivity contribution in [1.29, 1.82) is 5.26 Å². The molecule has 5 heteroatoms. The Morgan fingerprint density at radius 3 is 2.71 bits per heavy atom. The lowest BCUT2D eigenvalue weighted by Gasteiger charge is -2.33. The molecule has 2 aromatic rings. The quantitative estimate of drug-likeness (QED) is 0.873. The van der Waals surface area contributed by atoms with E-state index >= 15 is 0 Å². The minimum absolute atomic E-state index is 0.144. The van der Waals surface area contributed by atoms with Gasteiger partial charge in [-0.2, -0.15) is 10.4 Å². The van der Waals surface area contributed by atoms with Crippen LogP contribution in [0.5, 0.6) is 0 Å².